The van der Waals surface area contributed by atoms with Crippen molar-refractivity contribution in [3.63, 3.8) is 0 Å². The second kappa shape index (κ2) is 31.5. The molecule has 0 N–H and O–H groups in total. The molecule has 4 unspecified atom stereocenters. The summed E-state index contributed by atoms with van der Waals surface area (Å²) in [6.45, 7) is 24.0. The third-order valence-electron chi connectivity index (χ3n) is 19.8. The van der Waals surface area contributed by atoms with Gasteiger partial charge in [0.05, 0.1) is 36.9 Å². The Morgan fingerprint density at radius 1 is 0.424 bits per heavy atom. The minimum Gasteiger partial charge on any atom is -0.274 e. The number of thiophene rings is 4. The molecule has 466 valence electrons. The molecular formula is C72H104N2O4S6Si. The molecule has 0 radical (unpaired) electrons. The predicted molar refractivity (Wildman–Crippen MR) is 378 cm³/mol. The first-order valence-electron chi connectivity index (χ1n) is 34.4. The number of carbonyl (C=O) groups excluding carboxylic acids is 4. The number of hydrogen-bond acceptors (Lipinski definition) is 10. The summed E-state index contributed by atoms with van der Waals surface area (Å²) >= 11 is 11.3. The highest BCUT2D eigenvalue weighted by Gasteiger charge is 2.53. The summed E-state index contributed by atoms with van der Waals surface area (Å²) in [6.07, 6.45) is 34.3. The topological polar surface area (TPSA) is 74.8 Å². The van der Waals surface area contributed by atoms with Gasteiger partial charge < -0.3 is 0 Å². The van der Waals surface area contributed by atoms with Gasteiger partial charge >= 0.3 is 0 Å². The lowest BCUT2D eigenvalue weighted by molar-refractivity contribution is 0.0635. The number of rotatable bonds is 39. The summed E-state index contributed by atoms with van der Waals surface area (Å²) in [7, 11) is -2.29. The third kappa shape index (κ3) is 14.0. The zero-order valence-corrected chi connectivity index (χ0v) is 59.9. The van der Waals surface area contributed by atoms with E-state index in [4.69, 9.17) is 0 Å². The molecule has 9 heterocycles. The van der Waals surface area contributed by atoms with Crippen LogP contribution in [0.1, 0.15) is 309 Å². The van der Waals surface area contributed by atoms with Crippen molar-refractivity contribution in [2.45, 2.75) is 284 Å². The summed E-state index contributed by atoms with van der Waals surface area (Å²) in [4.78, 5) is 75.4. The van der Waals surface area contributed by atoms with Gasteiger partial charge in [-0.2, -0.15) is 0 Å². The van der Waals surface area contributed by atoms with Crippen molar-refractivity contribution >= 4 is 121 Å². The average molecular weight is 1280 g/mol. The van der Waals surface area contributed by atoms with Gasteiger partial charge in [-0.15, -0.1) is 68.9 Å². The molecule has 4 atom stereocenters. The second-order valence-electron chi connectivity index (χ2n) is 26.0. The van der Waals surface area contributed by atoms with Gasteiger partial charge in [-0.3, -0.25) is 29.0 Å². The standard InChI is InChI=1S/C72H104N2O4S6Si/c1-11-19-25-29-31-35-41-73-69(75)56-48(10)80-67(57(56)70(73)76)62-51(39-33-27-21-13-3)60-61(82-62)52(40-34-28-22-14-4)63(83-60)68-59-58(71(77)74(72(59)78)42-36-32-30-26-20-12-2)64(84-68)53-44-55-66(81-53)65-54(43-47(9)79-65)85(55,45-49(17-7)37-23-15-5)46-50(18-8)38-24-16-6/h43-44,49-50,60-61H,11-42,45-46H2,1-10H3. The number of thioether (sulfide) groups is 2. The fraction of sp³-hybridized carbons (Fsp3) is 0.667. The first kappa shape index (κ1) is 66.9. The lowest BCUT2D eigenvalue weighted by atomic mass is 9.94. The molecule has 6 nitrogen and oxygen atoms in total. The van der Waals surface area contributed by atoms with Crippen LogP contribution in [-0.4, -0.2) is 65.1 Å². The van der Waals surface area contributed by atoms with Crippen molar-refractivity contribution in [1.82, 2.24) is 9.80 Å². The predicted octanol–water partition coefficient (Wildman–Crippen LogP) is 22.4. The maximum atomic E-state index is 15.6. The Kier molecular flexibility index (Phi) is 24.8. The quantitative estimate of drug-likeness (QED) is 0.0252. The molecule has 5 aliphatic rings. The van der Waals surface area contributed by atoms with Gasteiger partial charge in [-0.25, -0.2) is 0 Å². The van der Waals surface area contributed by atoms with Crippen molar-refractivity contribution < 1.29 is 19.2 Å². The van der Waals surface area contributed by atoms with E-state index < -0.39 is 8.07 Å². The number of imide groups is 2. The number of nitrogens with zero attached hydrogens (tertiary/aromatic N) is 2. The van der Waals surface area contributed by atoms with Crippen LogP contribution in [0.5, 0.6) is 0 Å². The first-order chi connectivity index (χ1) is 41.4. The minimum absolute atomic E-state index is 0.0832. The van der Waals surface area contributed by atoms with Crippen molar-refractivity contribution in [3.05, 3.63) is 65.0 Å². The van der Waals surface area contributed by atoms with Crippen LogP contribution in [0.15, 0.2) is 23.3 Å². The highest BCUT2D eigenvalue weighted by Crippen LogP contribution is 2.65. The van der Waals surface area contributed by atoms with E-state index in [0.717, 1.165) is 109 Å². The number of amides is 4. The van der Waals surface area contributed by atoms with Gasteiger partial charge in [-0.1, -0.05) is 209 Å². The molecule has 5 aliphatic heterocycles. The van der Waals surface area contributed by atoms with Gasteiger partial charge in [0.1, 0.15) is 8.07 Å². The van der Waals surface area contributed by atoms with Crippen LogP contribution in [0, 0.1) is 25.7 Å². The van der Waals surface area contributed by atoms with Crippen molar-refractivity contribution in [1.29, 1.82) is 0 Å². The van der Waals surface area contributed by atoms with Crippen LogP contribution >= 0.6 is 68.9 Å². The zero-order chi connectivity index (χ0) is 60.4. The molecule has 4 aromatic rings. The Labute approximate surface area is 539 Å². The Morgan fingerprint density at radius 2 is 0.824 bits per heavy atom. The van der Waals surface area contributed by atoms with E-state index in [0.29, 0.717) is 47.2 Å². The van der Waals surface area contributed by atoms with Gasteiger partial charge in [-0.05, 0) is 110 Å². The van der Waals surface area contributed by atoms with E-state index in [9.17, 15) is 9.59 Å². The number of hydrogen-bond donors (Lipinski definition) is 0. The molecule has 0 fully saturated rings. The summed E-state index contributed by atoms with van der Waals surface area (Å²) in [5, 5.41) is 3.62. The summed E-state index contributed by atoms with van der Waals surface area (Å²) in [5.41, 5.74) is 5.48. The summed E-state index contributed by atoms with van der Waals surface area (Å²) in [6, 6.07) is 7.84. The molecule has 0 spiro atoms. The van der Waals surface area contributed by atoms with Gasteiger partial charge in [0.2, 0.25) is 0 Å². The lowest BCUT2D eigenvalue weighted by Gasteiger charge is -2.35. The van der Waals surface area contributed by atoms with Crippen LogP contribution in [0.3, 0.4) is 0 Å². The third-order valence-corrected chi connectivity index (χ3v) is 33.8. The monoisotopic (exact) mass is 1280 g/mol. The largest absolute Gasteiger partial charge is 0.274 e. The van der Waals surface area contributed by atoms with E-state index in [-0.39, 0.29) is 34.1 Å². The lowest BCUT2D eigenvalue weighted by Crippen LogP contribution is -2.56. The SMILES string of the molecule is CCCCCCCCN1C(=O)c2c(C)sc(C3=C(CCCCCC)C4SC(c5sc(-c6cc7c(s6)-c6sc(C)cc6[Si]7(CC(CC)CCCC)CC(CC)CCCC)c6c5C(=O)N(CCCCCCCC)C6=O)=C(CCCCCC)C4S3)c2C1=O. The van der Waals surface area contributed by atoms with Crippen LogP contribution in [-0.2, 0) is 0 Å². The first-order valence-corrected chi connectivity index (χ1v) is 41.9. The minimum atomic E-state index is -2.29. The molecule has 9 rings (SSSR count). The molecule has 85 heavy (non-hydrogen) atoms. The number of unbranched alkanes of at least 4 members (excludes halogenated alkanes) is 18. The van der Waals surface area contributed by atoms with Gasteiger partial charge in [0.15, 0.2) is 0 Å². The summed E-state index contributed by atoms with van der Waals surface area (Å²) in [5.74, 6) is 0.999. The Morgan fingerprint density at radius 3 is 1.31 bits per heavy atom. The number of fused-ring (bicyclic) bond motifs is 6. The van der Waals surface area contributed by atoms with E-state index in [2.05, 4.69) is 81.4 Å². The fourth-order valence-electron chi connectivity index (χ4n) is 14.9. The molecule has 4 aromatic heterocycles. The van der Waals surface area contributed by atoms with Gasteiger partial charge in [0.25, 0.3) is 23.6 Å². The van der Waals surface area contributed by atoms with Crippen molar-refractivity contribution in [3.8, 4) is 19.5 Å². The Balaban J connectivity index is 1.16. The molecular weight excluding hydrogens is 1180 g/mol. The number of aryl methyl sites for hydroxylation is 2. The average Bonchev–Trinajstić information content (AvgIpc) is 1.92. The van der Waals surface area contributed by atoms with E-state index >= 15 is 9.59 Å². The van der Waals surface area contributed by atoms with E-state index in [1.807, 2.05) is 46.2 Å². The van der Waals surface area contributed by atoms with E-state index in [1.165, 1.54) is 155 Å². The molecule has 13 heteroatoms. The maximum Gasteiger partial charge on any atom is 0.263 e. The smallest absolute Gasteiger partial charge is 0.263 e. The maximum absolute atomic E-state index is 15.6. The molecule has 4 amide bonds. The molecule has 0 aliphatic carbocycles. The molecule has 0 saturated carbocycles. The molecule has 0 bridgehead atoms. The highest BCUT2D eigenvalue weighted by atomic mass is 32.2. The van der Waals surface area contributed by atoms with Gasteiger partial charge in [0, 0.05) is 57.8 Å². The second-order valence-corrected chi connectivity index (χ2v) is 36.9. The molecule has 0 saturated heterocycles. The van der Waals surface area contributed by atoms with Crippen LogP contribution in [0.2, 0.25) is 12.1 Å². The summed E-state index contributed by atoms with van der Waals surface area (Å²) < 4.78 is 0. The van der Waals surface area contributed by atoms with Crippen molar-refractivity contribution in [2.24, 2.45) is 11.8 Å². The normalized spacial score (nSPS) is 19.6. The number of carbonyl (C=O) groups is 4. The van der Waals surface area contributed by atoms with Crippen molar-refractivity contribution in [2.75, 3.05) is 13.1 Å². The zero-order valence-electron chi connectivity index (χ0n) is 54.0. The highest BCUT2D eigenvalue weighted by molar-refractivity contribution is 8.14. The molecule has 0 aromatic carbocycles. The van der Waals surface area contributed by atoms with Crippen LogP contribution in [0.25, 0.3) is 29.3 Å². The Bertz CT molecular complexity index is 3020. The Hall–Kier alpha value is -2.52. The van der Waals surface area contributed by atoms with Crippen LogP contribution in [0.4, 0.5) is 0 Å². The fourth-order valence-corrected chi connectivity index (χ4v) is 31.7. The van der Waals surface area contributed by atoms with Crippen LogP contribution < -0.4 is 10.4 Å². The van der Waals surface area contributed by atoms with E-state index in [1.54, 1.807) is 42.8 Å².